The van der Waals surface area contributed by atoms with E-state index in [-0.39, 0.29) is 13.0 Å². The third-order valence-corrected chi connectivity index (χ3v) is 2.19. The molecule has 16 heavy (non-hydrogen) atoms. The number of hydrogen-bond donors (Lipinski definition) is 3. The first kappa shape index (κ1) is 12.2. The highest BCUT2D eigenvalue weighted by Gasteiger charge is 2.11. The summed E-state index contributed by atoms with van der Waals surface area (Å²) in [5.74, 6) is -1.12. The Balaban J connectivity index is 2.83. The maximum absolute atomic E-state index is 11.3. The van der Waals surface area contributed by atoms with Gasteiger partial charge in [0, 0.05) is 18.3 Å². The molecule has 1 aromatic rings. The Labute approximate surface area is 90.5 Å². The molecule has 1 rings (SSSR count). The maximum Gasteiger partial charge on any atom is 0.328 e. The van der Waals surface area contributed by atoms with E-state index in [1.165, 1.54) is 10.8 Å². The van der Waals surface area contributed by atoms with Crippen LogP contribution in [0.5, 0.6) is 0 Å². The highest BCUT2D eigenvalue weighted by Crippen LogP contribution is 1.92. The third kappa shape index (κ3) is 2.80. The number of aromatic nitrogens is 2. The van der Waals surface area contributed by atoms with Gasteiger partial charge in [0.15, 0.2) is 0 Å². The van der Waals surface area contributed by atoms with Crippen molar-refractivity contribution in [3.8, 4) is 0 Å². The van der Waals surface area contributed by atoms with Crippen LogP contribution in [0.3, 0.4) is 0 Å². The predicted molar refractivity (Wildman–Crippen MR) is 56.3 cm³/mol. The predicted octanol–water partition coefficient (Wildman–Crippen LogP) is -1.35. The van der Waals surface area contributed by atoms with Crippen molar-refractivity contribution in [3.63, 3.8) is 0 Å². The fourth-order valence-electron chi connectivity index (χ4n) is 1.19. The summed E-state index contributed by atoms with van der Waals surface area (Å²) in [7, 11) is 0. The molecule has 4 N–H and O–H groups in total. The second-order valence-electron chi connectivity index (χ2n) is 3.50. The number of hydrogen-bond acceptors (Lipinski definition) is 4. The second kappa shape index (κ2) is 4.75. The lowest BCUT2D eigenvalue weighted by atomic mass is 10.2. The molecule has 88 valence electrons. The summed E-state index contributed by atoms with van der Waals surface area (Å²) < 4.78 is 1.24. The Morgan fingerprint density at radius 1 is 1.62 bits per heavy atom. The molecule has 0 bridgehead atoms. The number of aromatic amines is 1. The molecule has 7 heteroatoms. The normalized spacial score (nSPS) is 12.4. The van der Waals surface area contributed by atoms with Crippen LogP contribution in [0.25, 0.3) is 0 Å². The molecule has 0 amide bonds. The molecule has 1 heterocycles. The van der Waals surface area contributed by atoms with Crippen molar-refractivity contribution in [2.24, 2.45) is 5.73 Å². The van der Waals surface area contributed by atoms with E-state index in [1.54, 1.807) is 6.92 Å². The summed E-state index contributed by atoms with van der Waals surface area (Å²) in [6, 6.07) is -1.01. The summed E-state index contributed by atoms with van der Waals surface area (Å²) in [4.78, 5) is 34.9. The third-order valence-electron chi connectivity index (χ3n) is 2.19. The van der Waals surface area contributed by atoms with Gasteiger partial charge >= 0.3 is 11.7 Å². The smallest absolute Gasteiger partial charge is 0.328 e. The first-order valence-electron chi connectivity index (χ1n) is 4.70. The van der Waals surface area contributed by atoms with Crippen molar-refractivity contribution >= 4 is 5.97 Å². The minimum atomic E-state index is -1.12. The number of carbonyl (C=O) groups is 1. The highest BCUT2D eigenvalue weighted by molar-refractivity contribution is 5.72. The molecule has 0 spiro atoms. The van der Waals surface area contributed by atoms with Crippen molar-refractivity contribution < 1.29 is 9.90 Å². The summed E-state index contributed by atoms with van der Waals surface area (Å²) in [5, 5.41) is 8.56. The number of aliphatic carboxylic acids is 1. The topological polar surface area (TPSA) is 118 Å². The van der Waals surface area contributed by atoms with Crippen LogP contribution in [-0.2, 0) is 11.3 Å². The molecule has 0 unspecified atom stereocenters. The van der Waals surface area contributed by atoms with Crippen LogP contribution in [-0.4, -0.2) is 26.7 Å². The minimum Gasteiger partial charge on any atom is -0.480 e. The van der Waals surface area contributed by atoms with E-state index in [0.29, 0.717) is 5.56 Å². The maximum atomic E-state index is 11.3. The van der Waals surface area contributed by atoms with E-state index >= 15 is 0 Å². The Morgan fingerprint density at radius 2 is 2.25 bits per heavy atom. The van der Waals surface area contributed by atoms with Gasteiger partial charge in [-0.3, -0.25) is 14.6 Å². The molecule has 7 nitrogen and oxygen atoms in total. The van der Waals surface area contributed by atoms with Gasteiger partial charge in [0.2, 0.25) is 0 Å². The van der Waals surface area contributed by atoms with Crippen molar-refractivity contribution in [2.45, 2.75) is 25.9 Å². The number of aryl methyl sites for hydroxylation is 2. The Hall–Kier alpha value is -1.89. The van der Waals surface area contributed by atoms with Gasteiger partial charge in [-0.1, -0.05) is 0 Å². The van der Waals surface area contributed by atoms with Gasteiger partial charge in [0.05, 0.1) is 0 Å². The Kier molecular flexibility index (Phi) is 3.62. The minimum absolute atomic E-state index is 0.126. The molecule has 1 aromatic heterocycles. The first-order chi connectivity index (χ1) is 7.41. The average molecular weight is 227 g/mol. The SMILES string of the molecule is Cc1cn(CC[C@@H](N)C(=O)O)c(=O)[nH]c1=O. The summed E-state index contributed by atoms with van der Waals surface area (Å²) in [6.45, 7) is 1.72. The van der Waals surface area contributed by atoms with Gasteiger partial charge in [-0.2, -0.15) is 0 Å². The van der Waals surface area contributed by atoms with Crippen LogP contribution >= 0.6 is 0 Å². The van der Waals surface area contributed by atoms with Gasteiger partial charge in [-0.25, -0.2) is 4.79 Å². The number of nitrogens with two attached hydrogens (primary N) is 1. The number of H-pyrrole nitrogens is 1. The fraction of sp³-hybridized carbons (Fsp3) is 0.444. The number of nitrogens with zero attached hydrogens (tertiary/aromatic N) is 1. The Morgan fingerprint density at radius 3 is 2.81 bits per heavy atom. The molecular formula is C9H13N3O4. The van der Waals surface area contributed by atoms with Crippen LogP contribution in [0.2, 0.25) is 0 Å². The van der Waals surface area contributed by atoms with E-state index in [2.05, 4.69) is 4.98 Å². The quantitative estimate of drug-likeness (QED) is 0.587. The molecule has 0 fully saturated rings. The van der Waals surface area contributed by atoms with E-state index in [9.17, 15) is 14.4 Å². The lowest BCUT2D eigenvalue weighted by molar-refractivity contribution is -0.138. The molecule has 0 radical (unpaired) electrons. The average Bonchev–Trinajstić information content (AvgIpc) is 2.20. The molecule has 0 aromatic carbocycles. The van der Waals surface area contributed by atoms with Crippen molar-refractivity contribution in [1.29, 1.82) is 0 Å². The van der Waals surface area contributed by atoms with Crippen LogP contribution < -0.4 is 17.0 Å². The number of carboxylic acids is 1. The molecule has 0 aliphatic carbocycles. The lowest BCUT2D eigenvalue weighted by Crippen LogP contribution is -2.35. The van der Waals surface area contributed by atoms with Crippen LogP contribution in [0.1, 0.15) is 12.0 Å². The number of rotatable bonds is 4. The number of carboxylic acid groups (broad SMARTS) is 1. The van der Waals surface area contributed by atoms with Crippen LogP contribution in [0.4, 0.5) is 0 Å². The largest absolute Gasteiger partial charge is 0.480 e. The van der Waals surface area contributed by atoms with Gasteiger partial charge in [0.1, 0.15) is 6.04 Å². The van der Waals surface area contributed by atoms with Crippen molar-refractivity contribution in [2.75, 3.05) is 0 Å². The van der Waals surface area contributed by atoms with Crippen LogP contribution in [0.15, 0.2) is 15.8 Å². The van der Waals surface area contributed by atoms with E-state index in [4.69, 9.17) is 10.8 Å². The van der Waals surface area contributed by atoms with Crippen molar-refractivity contribution in [1.82, 2.24) is 9.55 Å². The Bertz CT molecular complexity index is 502. The molecule has 0 aliphatic heterocycles. The highest BCUT2D eigenvalue weighted by atomic mass is 16.4. The summed E-state index contributed by atoms with van der Waals surface area (Å²) in [6.07, 6.45) is 1.51. The number of nitrogens with one attached hydrogen (secondary N) is 1. The standard InChI is InChI=1S/C9H13N3O4/c1-5-4-12(9(16)11-7(5)13)3-2-6(10)8(14)15/h4,6H,2-3,10H2,1H3,(H,14,15)(H,11,13,16)/t6-/m1/s1. The second-order valence-corrected chi connectivity index (χ2v) is 3.50. The molecule has 0 saturated carbocycles. The van der Waals surface area contributed by atoms with Gasteiger partial charge in [-0.15, -0.1) is 0 Å². The van der Waals surface area contributed by atoms with Gasteiger partial charge < -0.3 is 15.4 Å². The molecular weight excluding hydrogens is 214 g/mol. The zero-order valence-electron chi connectivity index (χ0n) is 8.77. The lowest BCUT2D eigenvalue weighted by Gasteiger charge is -2.08. The van der Waals surface area contributed by atoms with E-state index in [1.807, 2.05) is 0 Å². The fourth-order valence-corrected chi connectivity index (χ4v) is 1.19. The summed E-state index contributed by atoms with van der Waals surface area (Å²) >= 11 is 0. The monoisotopic (exact) mass is 227 g/mol. The molecule has 0 saturated heterocycles. The van der Waals surface area contributed by atoms with Gasteiger partial charge in [0.25, 0.3) is 5.56 Å². The van der Waals surface area contributed by atoms with Gasteiger partial charge in [-0.05, 0) is 13.3 Å². The van der Waals surface area contributed by atoms with E-state index < -0.39 is 23.3 Å². The van der Waals surface area contributed by atoms with Crippen LogP contribution in [0, 0.1) is 6.92 Å². The molecule has 1 atom stereocenters. The van der Waals surface area contributed by atoms with E-state index in [0.717, 1.165) is 0 Å². The zero-order chi connectivity index (χ0) is 12.3. The first-order valence-corrected chi connectivity index (χ1v) is 4.70. The summed E-state index contributed by atoms with van der Waals surface area (Å²) in [5.41, 5.74) is 4.68. The zero-order valence-corrected chi connectivity index (χ0v) is 8.77. The molecule has 0 aliphatic rings. The van der Waals surface area contributed by atoms with Crippen molar-refractivity contribution in [3.05, 3.63) is 32.6 Å².